The maximum absolute atomic E-state index is 14.0. The molecule has 1 atom stereocenters. The van der Waals surface area contributed by atoms with Crippen molar-refractivity contribution >= 4 is 15.7 Å². The van der Waals surface area contributed by atoms with E-state index in [9.17, 15) is 26.7 Å². The minimum absolute atomic E-state index is 0.126. The average Bonchev–Trinajstić information content (AvgIpc) is 2.77. The Bertz CT molecular complexity index is 1290. The predicted molar refractivity (Wildman–Crippen MR) is 113 cm³/mol. The summed E-state index contributed by atoms with van der Waals surface area (Å²) in [6, 6.07) is 17.4. The number of sulfonamides is 1. The highest BCUT2D eigenvalue weighted by Crippen LogP contribution is 2.45. The fraction of sp³-hybridized carbons (Fsp3) is 0.174. The molecule has 0 radical (unpaired) electrons. The van der Waals surface area contributed by atoms with Crippen LogP contribution >= 0.6 is 0 Å². The standard InChI is InChI=1S/C23H19F3N2O3S/c1-16-13-19(22(29,23(24,25)26)18-8-4-3-5-9-18)11-12-21(16)28(2)32(30,31)20-10-6-7-17(14-20)15-27/h3-14,29H,1-2H3. The normalized spacial score (nSPS) is 13.8. The van der Waals surface area contributed by atoms with E-state index in [4.69, 9.17) is 5.26 Å². The average molecular weight is 460 g/mol. The molecule has 0 aromatic heterocycles. The second-order valence-electron chi connectivity index (χ2n) is 7.19. The molecule has 3 rings (SSSR count). The summed E-state index contributed by atoms with van der Waals surface area (Å²) in [7, 11) is -2.81. The van der Waals surface area contributed by atoms with Gasteiger partial charge in [0.2, 0.25) is 5.60 Å². The lowest BCUT2D eigenvalue weighted by Gasteiger charge is -2.32. The molecule has 0 spiro atoms. The second kappa shape index (κ2) is 8.30. The summed E-state index contributed by atoms with van der Waals surface area (Å²) in [4.78, 5) is -0.126. The number of benzene rings is 3. The zero-order valence-electron chi connectivity index (χ0n) is 17.1. The molecule has 0 saturated carbocycles. The number of alkyl halides is 3. The number of anilines is 1. The Morgan fingerprint density at radius 2 is 1.59 bits per heavy atom. The van der Waals surface area contributed by atoms with E-state index < -0.39 is 27.4 Å². The summed E-state index contributed by atoms with van der Waals surface area (Å²) < 4.78 is 68.8. The molecule has 1 unspecified atom stereocenters. The van der Waals surface area contributed by atoms with Crippen LogP contribution in [0.1, 0.15) is 22.3 Å². The number of hydrogen-bond donors (Lipinski definition) is 1. The van der Waals surface area contributed by atoms with Gasteiger partial charge in [-0.1, -0.05) is 48.5 Å². The van der Waals surface area contributed by atoms with E-state index in [0.717, 1.165) is 16.4 Å². The largest absolute Gasteiger partial charge is 0.425 e. The lowest BCUT2D eigenvalue weighted by Crippen LogP contribution is -2.43. The molecule has 0 saturated heterocycles. The number of halogens is 3. The van der Waals surface area contributed by atoms with E-state index >= 15 is 0 Å². The van der Waals surface area contributed by atoms with Crippen molar-refractivity contribution in [3.8, 4) is 6.07 Å². The SMILES string of the molecule is Cc1cc(C(O)(c2ccccc2)C(F)(F)F)ccc1N(C)S(=O)(=O)c1cccc(C#N)c1. The van der Waals surface area contributed by atoms with Crippen molar-refractivity contribution in [2.24, 2.45) is 0 Å². The van der Waals surface area contributed by atoms with Gasteiger partial charge in [-0.2, -0.15) is 18.4 Å². The Labute approximate surface area is 184 Å². The molecule has 3 aromatic rings. The van der Waals surface area contributed by atoms with E-state index in [0.29, 0.717) is 0 Å². The fourth-order valence-corrected chi connectivity index (χ4v) is 4.73. The van der Waals surface area contributed by atoms with Gasteiger partial charge >= 0.3 is 6.18 Å². The summed E-state index contributed by atoms with van der Waals surface area (Å²) in [6.45, 7) is 1.46. The highest BCUT2D eigenvalue weighted by Gasteiger charge is 2.56. The van der Waals surface area contributed by atoms with Crippen LogP contribution < -0.4 is 4.31 Å². The topological polar surface area (TPSA) is 81.4 Å². The van der Waals surface area contributed by atoms with Crippen molar-refractivity contribution < 1.29 is 26.7 Å². The molecule has 3 aromatic carbocycles. The van der Waals surface area contributed by atoms with Crippen LogP contribution in [0.2, 0.25) is 0 Å². The molecule has 32 heavy (non-hydrogen) atoms. The van der Waals surface area contributed by atoms with Crippen LogP contribution in [0.15, 0.2) is 77.7 Å². The van der Waals surface area contributed by atoms with Gasteiger partial charge in [-0.3, -0.25) is 4.31 Å². The van der Waals surface area contributed by atoms with Crippen LogP contribution in [-0.4, -0.2) is 26.7 Å². The summed E-state index contributed by atoms with van der Waals surface area (Å²) >= 11 is 0. The molecule has 0 aliphatic heterocycles. The molecule has 0 aliphatic rings. The van der Waals surface area contributed by atoms with Crippen molar-refractivity contribution in [2.75, 3.05) is 11.4 Å². The summed E-state index contributed by atoms with van der Waals surface area (Å²) in [6.07, 6.45) is -5.02. The minimum atomic E-state index is -5.02. The van der Waals surface area contributed by atoms with Crippen LogP contribution in [0, 0.1) is 18.3 Å². The zero-order valence-corrected chi connectivity index (χ0v) is 17.9. The summed E-state index contributed by atoms with van der Waals surface area (Å²) in [5.74, 6) is 0. The van der Waals surface area contributed by atoms with E-state index in [2.05, 4.69) is 0 Å². The van der Waals surface area contributed by atoms with Gasteiger partial charge in [0.05, 0.1) is 22.2 Å². The van der Waals surface area contributed by atoms with E-state index in [-0.39, 0.29) is 27.3 Å². The molecule has 9 heteroatoms. The Morgan fingerprint density at radius 1 is 0.938 bits per heavy atom. The molecular formula is C23H19F3N2O3S. The van der Waals surface area contributed by atoms with Gasteiger partial charge in [-0.05, 0) is 47.9 Å². The van der Waals surface area contributed by atoms with Crippen molar-refractivity contribution in [1.82, 2.24) is 0 Å². The van der Waals surface area contributed by atoms with Gasteiger partial charge in [0.15, 0.2) is 0 Å². The Kier molecular flexibility index (Phi) is 6.05. The van der Waals surface area contributed by atoms with Crippen molar-refractivity contribution in [1.29, 1.82) is 5.26 Å². The number of aliphatic hydroxyl groups is 1. The first-order valence-electron chi connectivity index (χ1n) is 9.38. The van der Waals surface area contributed by atoms with Crippen molar-refractivity contribution in [3.05, 3.63) is 95.1 Å². The smallest absolute Gasteiger partial charge is 0.372 e. The van der Waals surface area contributed by atoms with Gasteiger partial charge in [0.1, 0.15) is 0 Å². The van der Waals surface area contributed by atoms with Crippen LogP contribution in [0.3, 0.4) is 0 Å². The molecule has 166 valence electrons. The quantitative estimate of drug-likeness (QED) is 0.608. The first kappa shape index (κ1) is 23.3. The van der Waals surface area contributed by atoms with Crippen molar-refractivity contribution in [2.45, 2.75) is 23.6 Å². The molecular weight excluding hydrogens is 441 g/mol. The van der Waals surface area contributed by atoms with E-state index in [1.54, 1.807) is 0 Å². The second-order valence-corrected chi connectivity index (χ2v) is 9.16. The Hall–Kier alpha value is -3.35. The van der Waals surface area contributed by atoms with E-state index in [1.165, 1.54) is 74.6 Å². The highest BCUT2D eigenvalue weighted by atomic mass is 32.2. The number of nitrogens with zero attached hydrogens (tertiary/aromatic N) is 2. The molecule has 0 fully saturated rings. The van der Waals surface area contributed by atoms with Gasteiger partial charge in [-0.25, -0.2) is 8.42 Å². The molecule has 0 aliphatic carbocycles. The molecule has 1 N–H and O–H groups in total. The fourth-order valence-electron chi connectivity index (χ4n) is 3.42. The van der Waals surface area contributed by atoms with Gasteiger partial charge in [-0.15, -0.1) is 0 Å². The van der Waals surface area contributed by atoms with Crippen LogP contribution in [0.25, 0.3) is 0 Å². The third-order valence-corrected chi connectivity index (χ3v) is 6.94. The van der Waals surface area contributed by atoms with Crippen LogP contribution in [0.5, 0.6) is 0 Å². The Balaban J connectivity index is 2.08. The van der Waals surface area contributed by atoms with Gasteiger partial charge in [0.25, 0.3) is 10.0 Å². The lowest BCUT2D eigenvalue weighted by molar-refractivity contribution is -0.248. The summed E-state index contributed by atoms with van der Waals surface area (Å²) in [5.41, 5.74) is -3.55. The first-order chi connectivity index (χ1) is 14.9. The number of rotatable bonds is 5. The molecule has 5 nitrogen and oxygen atoms in total. The molecule has 0 heterocycles. The number of hydrogen-bond acceptors (Lipinski definition) is 4. The first-order valence-corrected chi connectivity index (χ1v) is 10.8. The number of nitriles is 1. The Morgan fingerprint density at radius 3 is 2.16 bits per heavy atom. The maximum atomic E-state index is 14.0. The third-order valence-electron chi connectivity index (χ3n) is 5.18. The number of aryl methyl sites for hydroxylation is 1. The zero-order chi connectivity index (χ0) is 23.7. The van der Waals surface area contributed by atoms with Crippen LogP contribution in [0.4, 0.5) is 18.9 Å². The van der Waals surface area contributed by atoms with Gasteiger partial charge < -0.3 is 5.11 Å². The van der Waals surface area contributed by atoms with Gasteiger partial charge in [0, 0.05) is 7.05 Å². The monoisotopic (exact) mass is 460 g/mol. The van der Waals surface area contributed by atoms with Crippen LogP contribution in [-0.2, 0) is 15.6 Å². The van der Waals surface area contributed by atoms with E-state index in [1.807, 2.05) is 6.07 Å². The summed E-state index contributed by atoms with van der Waals surface area (Å²) in [5, 5.41) is 19.8. The molecule has 0 amide bonds. The van der Waals surface area contributed by atoms with Crippen molar-refractivity contribution in [3.63, 3.8) is 0 Å². The minimum Gasteiger partial charge on any atom is -0.372 e. The maximum Gasteiger partial charge on any atom is 0.425 e. The third kappa shape index (κ3) is 3.95. The lowest BCUT2D eigenvalue weighted by atomic mass is 9.85. The molecule has 0 bridgehead atoms. The highest BCUT2D eigenvalue weighted by molar-refractivity contribution is 7.92. The predicted octanol–water partition coefficient (Wildman–Crippen LogP) is 4.49.